The van der Waals surface area contributed by atoms with Gasteiger partial charge < -0.3 is 15.2 Å². The molecule has 4 nitrogen and oxygen atoms in total. The number of rotatable bonds is 4. The first-order valence-electron chi connectivity index (χ1n) is 6.28. The highest BCUT2D eigenvalue weighted by Crippen LogP contribution is 2.18. The van der Waals surface area contributed by atoms with Crippen molar-refractivity contribution in [1.29, 1.82) is 0 Å². The summed E-state index contributed by atoms with van der Waals surface area (Å²) in [6.45, 7) is 8.80. The van der Waals surface area contributed by atoms with Gasteiger partial charge in [0.2, 0.25) is 0 Å². The van der Waals surface area contributed by atoms with E-state index in [0.717, 1.165) is 0 Å². The van der Waals surface area contributed by atoms with Gasteiger partial charge in [-0.15, -0.1) is 6.58 Å². The number of aliphatic hydroxyl groups is 1. The second kappa shape index (κ2) is 6.52. The van der Waals surface area contributed by atoms with E-state index in [-0.39, 0.29) is 0 Å². The van der Waals surface area contributed by atoms with E-state index in [4.69, 9.17) is 4.74 Å². The summed E-state index contributed by atoms with van der Waals surface area (Å²) in [5, 5.41) is 12.7. The van der Waals surface area contributed by atoms with E-state index < -0.39 is 29.7 Å². The number of aliphatic hydroxyl groups excluding tert-OH is 1. The van der Waals surface area contributed by atoms with E-state index in [1.54, 1.807) is 20.8 Å². The average molecular weight is 281 g/mol. The summed E-state index contributed by atoms with van der Waals surface area (Å²) in [6.07, 6.45) is -0.276. The van der Waals surface area contributed by atoms with Crippen LogP contribution in [0.1, 0.15) is 32.4 Å². The van der Waals surface area contributed by atoms with Crippen LogP contribution < -0.4 is 5.32 Å². The number of hydrogen-bond donors (Lipinski definition) is 2. The van der Waals surface area contributed by atoms with Gasteiger partial charge in [0, 0.05) is 0 Å². The van der Waals surface area contributed by atoms with Crippen LogP contribution in [-0.2, 0) is 4.74 Å². The van der Waals surface area contributed by atoms with E-state index in [2.05, 4.69) is 11.9 Å². The second-order valence-corrected chi connectivity index (χ2v) is 5.40. The molecule has 0 unspecified atom stereocenters. The predicted octanol–water partition coefficient (Wildman–Crippen LogP) is 2.94. The van der Waals surface area contributed by atoms with E-state index in [9.17, 15) is 14.3 Å². The molecule has 1 rings (SSSR count). The van der Waals surface area contributed by atoms with Crippen molar-refractivity contribution in [1.82, 2.24) is 5.32 Å². The number of halogens is 1. The van der Waals surface area contributed by atoms with Gasteiger partial charge >= 0.3 is 6.09 Å². The first-order valence-corrected chi connectivity index (χ1v) is 6.28. The van der Waals surface area contributed by atoms with Crippen LogP contribution in [0.3, 0.4) is 0 Å². The highest BCUT2D eigenvalue weighted by Gasteiger charge is 2.23. The first kappa shape index (κ1) is 16.2. The molecule has 1 aromatic rings. The molecule has 1 amide bonds. The van der Waals surface area contributed by atoms with Crippen LogP contribution in [0.5, 0.6) is 0 Å². The van der Waals surface area contributed by atoms with Crippen LogP contribution >= 0.6 is 0 Å². The quantitative estimate of drug-likeness (QED) is 0.834. The van der Waals surface area contributed by atoms with Crippen molar-refractivity contribution in [2.45, 2.75) is 38.5 Å². The summed E-state index contributed by atoms with van der Waals surface area (Å²) in [7, 11) is 0. The second-order valence-electron chi connectivity index (χ2n) is 5.40. The predicted molar refractivity (Wildman–Crippen MR) is 74.7 cm³/mol. The summed E-state index contributed by atoms with van der Waals surface area (Å²) in [4.78, 5) is 11.7. The van der Waals surface area contributed by atoms with Crippen LogP contribution in [0, 0.1) is 5.82 Å². The molecule has 0 aromatic heterocycles. The van der Waals surface area contributed by atoms with Crippen molar-refractivity contribution < 1.29 is 19.0 Å². The molecule has 0 saturated heterocycles. The van der Waals surface area contributed by atoms with Crippen LogP contribution in [0.15, 0.2) is 36.9 Å². The molecule has 5 heteroatoms. The molecule has 1 aromatic carbocycles. The molecule has 0 aliphatic carbocycles. The number of ether oxygens (including phenoxy) is 1. The summed E-state index contributed by atoms with van der Waals surface area (Å²) in [5.41, 5.74) is -0.149. The Morgan fingerprint density at radius 3 is 2.40 bits per heavy atom. The molecular weight excluding hydrogens is 261 g/mol. The summed E-state index contributed by atoms with van der Waals surface area (Å²) < 4.78 is 17.9. The molecular formula is C15H20FNO3. The van der Waals surface area contributed by atoms with E-state index in [1.807, 2.05) is 0 Å². The number of carbonyl (C=O) groups excluding carboxylic acids is 1. The normalized spacial score (nSPS) is 14.2. The van der Waals surface area contributed by atoms with Crippen LogP contribution in [0.25, 0.3) is 0 Å². The lowest BCUT2D eigenvalue weighted by Gasteiger charge is -2.25. The Balaban J connectivity index is 2.73. The smallest absolute Gasteiger partial charge is 0.408 e. The Morgan fingerprint density at radius 2 is 1.95 bits per heavy atom. The highest BCUT2D eigenvalue weighted by atomic mass is 19.1. The Hall–Kier alpha value is -1.88. The average Bonchev–Trinajstić information content (AvgIpc) is 2.34. The zero-order valence-corrected chi connectivity index (χ0v) is 11.9. The molecule has 2 atom stereocenters. The molecule has 0 radical (unpaired) electrons. The molecule has 0 aliphatic heterocycles. The number of alkyl carbamates (subject to hydrolysis) is 1. The maximum atomic E-state index is 12.8. The van der Waals surface area contributed by atoms with Gasteiger partial charge in [0.05, 0.1) is 6.04 Å². The van der Waals surface area contributed by atoms with E-state index in [0.29, 0.717) is 5.56 Å². The third-order valence-corrected chi connectivity index (χ3v) is 2.49. The standard InChI is InChI=1S/C15H20FNO3/c1-5-12(17-14(19)20-15(2,3)4)13(18)10-6-8-11(16)9-7-10/h5-9,12-13,18H,1H2,2-4H3,(H,17,19)/t12-,13+/m0/s1. The molecule has 2 N–H and O–H groups in total. The van der Waals surface area contributed by atoms with E-state index >= 15 is 0 Å². The minimum absolute atomic E-state index is 0.392. The number of benzene rings is 1. The van der Waals surface area contributed by atoms with Crippen molar-refractivity contribution in [3.63, 3.8) is 0 Å². The van der Waals surface area contributed by atoms with Crippen molar-refractivity contribution in [2.75, 3.05) is 0 Å². The summed E-state index contributed by atoms with van der Waals surface area (Å²) in [5.74, 6) is -0.392. The first-order chi connectivity index (χ1) is 9.23. The molecule has 0 bridgehead atoms. The van der Waals surface area contributed by atoms with Crippen molar-refractivity contribution in [3.05, 3.63) is 48.3 Å². The van der Waals surface area contributed by atoms with Gasteiger partial charge in [-0.05, 0) is 38.5 Å². The number of amides is 1. The lowest BCUT2D eigenvalue weighted by atomic mass is 10.0. The lowest BCUT2D eigenvalue weighted by molar-refractivity contribution is 0.0454. The molecule has 0 fully saturated rings. The zero-order chi connectivity index (χ0) is 15.3. The monoisotopic (exact) mass is 281 g/mol. The molecule has 0 aliphatic rings. The number of nitrogens with one attached hydrogen (secondary N) is 1. The Labute approximate surface area is 118 Å². The molecule has 0 saturated carbocycles. The third kappa shape index (κ3) is 5.01. The van der Waals surface area contributed by atoms with Gasteiger partial charge in [-0.25, -0.2) is 9.18 Å². The molecule has 110 valence electrons. The van der Waals surface area contributed by atoms with Gasteiger partial charge in [-0.3, -0.25) is 0 Å². The van der Waals surface area contributed by atoms with Crippen molar-refractivity contribution in [3.8, 4) is 0 Å². The van der Waals surface area contributed by atoms with Gasteiger partial charge in [-0.1, -0.05) is 18.2 Å². The maximum absolute atomic E-state index is 12.8. The third-order valence-electron chi connectivity index (χ3n) is 2.49. The minimum atomic E-state index is -1.03. The topological polar surface area (TPSA) is 58.6 Å². The number of hydrogen-bond acceptors (Lipinski definition) is 3. The Bertz CT molecular complexity index is 465. The van der Waals surface area contributed by atoms with Gasteiger partial charge in [-0.2, -0.15) is 0 Å². The van der Waals surface area contributed by atoms with Gasteiger partial charge in [0.1, 0.15) is 17.5 Å². The Kier molecular flexibility index (Phi) is 5.27. The molecule has 0 spiro atoms. The number of carbonyl (C=O) groups is 1. The SMILES string of the molecule is C=C[C@H](NC(=O)OC(C)(C)C)[C@H](O)c1ccc(F)cc1. The fourth-order valence-corrected chi connectivity index (χ4v) is 1.58. The Morgan fingerprint density at radius 1 is 1.40 bits per heavy atom. The largest absolute Gasteiger partial charge is 0.444 e. The van der Waals surface area contributed by atoms with Crippen LogP contribution in [0.2, 0.25) is 0 Å². The fraction of sp³-hybridized carbons (Fsp3) is 0.400. The minimum Gasteiger partial charge on any atom is -0.444 e. The van der Waals surface area contributed by atoms with Crippen LogP contribution in [0.4, 0.5) is 9.18 Å². The summed E-state index contributed by atoms with van der Waals surface area (Å²) >= 11 is 0. The summed E-state index contributed by atoms with van der Waals surface area (Å²) in [6, 6.07) is 4.66. The molecule has 20 heavy (non-hydrogen) atoms. The maximum Gasteiger partial charge on any atom is 0.408 e. The van der Waals surface area contributed by atoms with Crippen LogP contribution in [-0.4, -0.2) is 22.8 Å². The van der Waals surface area contributed by atoms with E-state index in [1.165, 1.54) is 30.3 Å². The molecule has 0 heterocycles. The lowest BCUT2D eigenvalue weighted by Crippen LogP contribution is -2.41. The fourth-order valence-electron chi connectivity index (χ4n) is 1.58. The highest BCUT2D eigenvalue weighted by molar-refractivity contribution is 5.68. The van der Waals surface area contributed by atoms with Crippen molar-refractivity contribution >= 4 is 6.09 Å². The van der Waals surface area contributed by atoms with Crippen molar-refractivity contribution in [2.24, 2.45) is 0 Å². The van der Waals surface area contributed by atoms with Gasteiger partial charge in [0.15, 0.2) is 0 Å². The van der Waals surface area contributed by atoms with Gasteiger partial charge in [0.25, 0.3) is 0 Å². The zero-order valence-electron chi connectivity index (χ0n) is 11.9.